The summed E-state index contributed by atoms with van der Waals surface area (Å²) in [5, 5.41) is 4.90. The fraction of sp³-hybridized carbons (Fsp3) is 0.154. The quantitative estimate of drug-likeness (QED) is 0.426. The standard InChI is InChI=1S/C26H18F2N2O3/c27-26(28)32-20-11-10-18(15-21(20)33-26)25(12-13-25)24(31)30-22-14-17-8-4-5-9-19(17)23(29-22)16-6-2-1-3-7-16/h1-11,14-15H,12-13H2,(H,29,30,31). The molecule has 0 saturated heterocycles. The molecule has 1 amide bonds. The van der Waals surface area contributed by atoms with E-state index in [1.54, 1.807) is 6.07 Å². The maximum absolute atomic E-state index is 13.4. The zero-order valence-corrected chi connectivity index (χ0v) is 17.3. The number of benzene rings is 3. The van der Waals surface area contributed by atoms with E-state index in [9.17, 15) is 13.6 Å². The maximum atomic E-state index is 13.4. The van der Waals surface area contributed by atoms with Crippen LogP contribution >= 0.6 is 0 Å². The number of carbonyl (C=O) groups is 1. The van der Waals surface area contributed by atoms with E-state index in [2.05, 4.69) is 14.8 Å². The molecule has 1 aromatic heterocycles. The molecule has 5 nitrogen and oxygen atoms in total. The summed E-state index contributed by atoms with van der Waals surface area (Å²) >= 11 is 0. The van der Waals surface area contributed by atoms with Crippen LogP contribution in [0.15, 0.2) is 78.9 Å². The molecule has 7 heteroatoms. The Morgan fingerprint density at radius 3 is 2.39 bits per heavy atom. The summed E-state index contributed by atoms with van der Waals surface area (Å²) < 4.78 is 35.8. The summed E-state index contributed by atoms with van der Waals surface area (Å²) in [7, 11) is 0. The van der Waals surface area contributed by atoms with Crippen LogP contribution in [0.25, 0.3) is 22.0 Å². The van der Waals surface area contributed by atoms with Gasteiger partial charge in [-0.25, -0.2) is 4.98 Å². The third kappa shape index (κ3) is 3.36. The average Bonchev–Trinajstić information content (AvgIpc) is 3.56. The molecule has 3 aromatic carbocycles. The number of pyridine rings is 1. The number of nitrogens with zero attached hydrogens (tertiary/aromatic N) is 1. The lowest BCUT2D eigenvalue weighted by Crippen LogP contribution is -2.28. The summed E-state index contributed by atoms with van der Waals surface area (Å²) in [6.07, 6.45) is -2.48. The molecule has 2 aliphatic rings. The molecule has 1 saturated carbocycles. The number of alkyl halides is 2. The predicted octanol–water partition coefficient (Wildman–Crippen LogP) is 5.89. The zero-order chi connectivity index (χ0) is 22.6. The normalized spacial score (nSPS) is 17.0. The van der Waals surface area contributed by atoms with E-state index in [-0.39, 0.29) is 17.4 Å². The molecule has 0 spiro atoms. The first-order valence-corrected chi connectivity index (χ1v) is 10.6. The van der Waals surface area contributed by atoms with Crippen LogP contribution in [0, 0.1) is 0 Å². The molecule has 0 bridgehead atoms. The number of hydrogen-bond donors (Lipinski definition) is 1. The summed E-state index contributed by atoms with van der Waals surface area (Å²) in [4.78, 5) is 18.1. The molecule has 1 N–H and O–H groups in total. The van der Waals surface area contributed by atoms with Crippen molar-refractivity contribution in [1.82, 2.24) is 4.98 Å². The highest BCUT2D eigenvalue weighted by atomic mass is 19.3. The Hall–Kier alpha value is -4.00. The molecule has 33 heavy (non-hydrogen) atoms. The van der Waals surface area contributed by atoms with E-state index >= 15 is 0 Å². The molecular weight excluding hydrogens is 426 g/mol. The Balaban J connectivity index is 1.34. The lowest BCUT2D eigenvalue weighted by molar-refractivity contribution is -0.286. The number of carbonyl (C=O) groups excluding carboxylic acids is 1. The van der Waals surface area contributed by atoms with Crippen LogP contribution in [-0.4, -0.2) is 17.2 Å². The summed E-state index contributed by atoms with van der Waals surface area (Å²) in [5.41, 5.74) is 1.53. The van der Waals surface area contributed by atoms with E-state index in [0.717, 1.165) is 22.0 Å². The molecule has 0 radical (unpaired) electrons. The minimum atomic E-state index is -3.69. The maximum Gasteiger partial charge on any atom is 0.586 e. The second-order valence-corrected chi connectivity index (χ2v) is 8.31. The number of halogens is 2. The van der Waals surface area contributed by atoms with Crippen molar-refractivity contribution in [1.29, 1.82) is 0 Å². The Bertz CT molecular complexity index is 1400. The number of amides is 1. The molecule has 164 valence electrons. The molecule has 0 unspecified atom stereocenters. The number of aromatic nitrogens is 1. The minimum Gasteiger partial charge on any atom is -0.395 e. The van der Waals surface area contributed by atoms with Gasteiger partial charge in [-0.1, -0.05) is 60.7 Å². The van der Waals surface area contributed by atoms with Gasteiger partial charge in [0.05, 0.1) is 11.1 Å². The van der Waals surface area contributed by atoms with Gasteiger partial charge in [0.15, 0.2) is 11.5 Å². The van der Waals surface area contributed by atoms with Crippen molar-refractivity contribution >= 4 is 22.5 Å². The lowest BCUT2D eigenvalue weighted by atomic mass is 9.94. The van der Waals surface area contributed by atoms with Gasteiger partial charge in [-0.3, -0.25) is 4.79 Å². The van der Waals surface area contributed by atoms with E-state index in [1.165, 1.54) is 12.1 Å². The zero-order valence-electron chi connectivity index (χ0n) is 17.3. The Kier molecular flexibility index (Phi) is 4.17. The van der Waals surface area contributed by atoms with Crippen molar-refractivity contribution in [3.05, 3.63) is 84.4 Å². The van der Waals surface area contributed by atoms with Gasteiger partial charge in [-0.2, -0.15) is 0 Å². The van der Waals surface area contributed by atoms with Gasteiger partial charge in [0, 0.05) is 10.9 Å². The van der Waals surface area contributed by atoms with Crippen LogP contribution in [-0.2, 0) is 10.2 Å². The van der Waals surface area contributed by atoms with Gasteiger partial charge in [-0.05, 0) is 42.0 Å². The number of anilines is 1. The van der Waals surface area contributed by atoms with Crippen molar-refractivity contribution in [2.45, 2.75) is 24.6 Å². The van der Waals surface area contributed by atoms with Gasteiger partial charge in [-0.15, -0.1) is 8.78 Å². The molecule has 1 aliphatic heterocycles. The van der Waals surface area contributed by atoms with E-state index in [0.29, 0.717) is 24.2 Å². The molecule has 4 aromatic rings. The van der Waals surface area contributed by atoms with Crippen molar-refractivity contribution in [3.63, 3.8) is 0 Å². The smallest absolute Gasteiger partial charge is 0.395 e. The van der Waals surface area contributed by atoms with Gasteiger partial charge in [0.1, 0.15) is 5.82 Å². The van der Waals surface area contributed by atoms with Gasteiger partial charge in [0.2, 0.25) is 5.91 Å². The molecule has 6 rings (SSSR count). The second kappa shape index (κ2) is 7.00. The first kappa shape index (κ1) is 19.7. The van der Waals surface area contributed by atoms with Crippen LogP contribution in [0.2, 0.25) is 0 Å². The summed E-state index contributed by atoms with van der Waals surface area (Å²) in [6.45, 7) is 0. The summed E-state index contributed by atoms with van der Waals surface area (Å²) in [5.74, 6) is 0.112. The molecular formula is C26H18F2N2O3. The molecule has 1 aliphatic carbocycles. The Morgan fingerprint density at radius 1 is 0.879 bits per heavy atom. The van der Waals surface area contributed by atoms with Gasteiger partial charge in [0.25, 0.3) is 0 Å². The molecule has 0 atom stereocenters. The van der Waals surface area contributed by atoms with Crippen molar-refractivity contribution < 1.29 is 23.0 Å². The monoisotopic (exact) mass is 444 g/mol. The first-order valence-electron chi connectivity index (χ1n) is 10.6. The van der Waals surface area contributed by atoms with Crippen LogP contribution in [0.5, 0.6) is 11.5 Å². The number of ether oxygens (including phenoxy) is 2. The highest BCUT2D eigenvalue weighted by Gasteiger charge is 2.53. The number of rotatable bonds is 4. The highest BCUT2D eigenvalue weighted by molar-refractivity contribution is 6.03. The fourth-order valence-electron chi connectivity index (χ4n) is 4.33. The predicted molar refractivity (Wildman–Crippen MR) is 119 cm³/mol. The molecule has 1 fully saturated rings. The van der Waals surface area contributed by atoms with E-state index in [4.69, 9.17) is 4.98 Å². The third-order valence-corrected chi connectivity index (χ3v) is 6.17. The Labute approximate surface area is 188 Å². The lowest BCUT2D eigenvalue weighted by Gasteiger charge is -2.17. The number of hydrogen-bond acceptors (Lipinski definition) is 4. The van der Waals surface area contributed by atoms with Crippen LogP contribution in [0.4, 0.5) is 14.6 Å². The van der Waals surface area contributed by atoms with Crippen LogP contribution < -0.4 is 14.8 Å². The second-order valence-electron chi connectivity index (χ2n) is 8.31. The largest absolute Gasteiger partial charge is 0.586 e. The molecule has 2 heterocycles. The van der Waals surface area contributed by atoms with Crippen molar-refractivity contribution in [2.24, 2.45) is 0 Å². The van der Waals surface area contributed by atoms with Gasteiger partial charge < -0.3 is 14.8 Å². The average molecular weight is 444 g/mol. The first-order chi connectivity index (χ1) is 15.9. The van der Waals surface area contributed by atoms with Crippen LogP contribution in [0.3, 0.4) is 0 Å². The number of fused-ring (bicyclic) bond motifs is 2. The summed E-state index contributed by atoms with van der Waals surface area (Å²) in [6, 6.07) is 24.0. The fourth-order valence-corrected chi connectivity index (χ4v) is 4.33. The van der Waals surface area contributed by atoms with Crippen molar-refractivity contribution in [2.75, 3.05) is 5.32 Å². The van der Waals surface area contributed by atoms with Crippen molar-refractivity contribution in [3.8, 4) is 22.8 Å². The minimum absolute atomic E-state index is 0.0383. The number of nitrogens with one attached hydrogen (secondary N) is 1. The van der Waals surface area contributed by atoms with Gasteiger partial charge >= 0.3 is 6.29 Å². The SMILES string of the molecule is O=C(Nc1cc2ccccc2c(-c2ccccc2)n1)C1(c2ccc3c(c2)OC(F)(F)O3)CC1. The highest BCUT2D eigenvalue weighted by Crippen LogP contribution is 2.52. The van der Waals surface area contributed by atoms with E-state index < -0.39 is 11.7 Å². The Morgan fingerprint density at radius 2 is 1.61 bits per heavy atom. The van der Waals surface area contributed by atoms with Crippen LogP contribution in [0.1, 0.15) is 18.4 Å². The van der Waals surface area contributed by atoms with E-state index in [1.807, 2.05) is 60.7 Å². The topological polar surface area (TPSA) is 60.5 Å². The third-order valence-electron chi connectivity index (χ3n) is 6.17.